The molecule has 0 saturated carbocycles. The number of benzene rings is 1. The fourth-order valence-corrected chi connectivity index (χ4v) is 5.72. The van der Waals surface area contributed by atoms with Crippen LogP contribution in [-0.2, 0) is 14.9 Å². The van der Waals surface area contributed by atoms with E-state index in [1.807, 2.05) is 29.0 Å². The Morgan fingerprint density at radius 3 is 2.62 bits per heavy atom. The average Bonchev–Trinajstić information content (AvgIpc) is 3.76. The van der Waals surface area contributed by atoms with E-state index in [2.05, 4.69) is 34.0 Å². The van der Waals surface area contributed by atoms with E-state index in [0.29, 0.717) is 62.5 Å². The Labute approximate surface area is 244 Å². The molecule has 5 heterocycles. The molecule has 6 rings (SSSR count). The van der Waals surface area contributed by atoms with Gasteiger partial charge in [-0.1, -0.05) is 13.3 Å². The number of nitrogens with zero attached hydrogens (tertiary/aromatic N) is 8. The first-order chi connectivity index (χ1) is 20.4. The number of amidine groups is 1. The molecule has 222 valence electrons. The molecular formula is C29H37N9O4. The van der Waals surface area contributed by atoms with E-state index in [1.54, 1.807) is 30.2 Å². The highest BCUT2D eigenvalue weighted by Gasteiger charge is 2.50. The monoisotopic (exact) mass is 575 g/mol. The number of fused-ring (bicyclic) bond motifs is 3. The Hall–Kier alpha value is -4.39. The minimum atomic E-state index is -0.675. The number of anilines is 1. The van der Waals surface area contributed by atoms with Crippen LogP contribution in [-0.4, -0.2) is 101 Å². The summed E-state index contributed by atoms with van der Waals surface area (Å²) in [5, 5.41) is 11.3. The van der Waals surface area contributed by atoms with Gasteiger partial charge in [-0.05, 0) is 49.7 Å². The van der Waals surface area contributed by atoms with E-state index in [-0.39, 0.29) is 11.9 Å². The van der Waals surface area contributed by atoms with E-state index >= 15 is 0 Å². The fourth-order valence-electron chi connectivity index (χ4n) is 5.72. The van der Waals surface area contributed by atoms with Crippen molar-refractivity contribution in [1.82, 2.24) is 24.7 Å². The SMILES string of the molecule is CCCC(C(=O)N1CCN(c2ccc(OCCOC)cc2)CC1)N1CC2(C)C(=N1)N=C(N)n1nc(-c3ccco3)nc12. The van der Waals surface area contributed by atoms with Gasteiger partial charge in [-0.25, -0.2) is 4.98 Å². The number of carbonyl (C=O) groups is 1. The summed E-state index contributed by atoms with van der Waals surface area (Å²) in [6, 6.07) is 11.2. The molecule has 0 aliphatic carbocycles. The lowest BCUT2D eigenvalue weighted by molar-refractivity contribution is -0.137. The Morgan fingerprint density at radius 2 is 1.93 bits per heavy atom. The molecule has 2 N–H and O–H groups in total. The van der Waals surface area contributed by atoms with Crippen LogP contribution in [0, 0.1) is 0 Å². The number of methoxy groups -OCH3 is 1. The zero-order valence-corrected chi connectivity index (χ0v) is 24.3. The molecule has 1 amide bonds. The zero-order chi connectivity index (χ0) is 29.3. The summed E-state index contributed by atoms with van der Waals surface area (Å²) in [7, 11) is 1.66. The molecule has 1 fully saturated rings. The molecule has 0 bridgehead atoms. The van der Waals surface area contributed by atoms with Crippen molar-refractivity contribution in [1.29, 1.82) is 0 Å². The summed E-state index contributed by atoms with van der Waals surface area (Å²) in [5.41, 5.74) is 6.71. The first-order valence-corrected chi connectivity index (χ1v) is 14.4. The first-order valence-electron chi connectivity index (χ1n) is 14.4. The third-order valence-electron chi connectivity index (χ3n) is 8.03. The molecule has 2 unspecified atom stereocenters. The van der Waals surface area contributed by atoms with Gasteiger partial charge < -0.3 is 29.4 Å². The van der Waals surface area contributed by atoms with E-state index in [4.69, 9.17) is 29.7 Å². The lowest BCUT2D eigenvalue weighted by atomic mass is 9.87. The third-order valence-corrected chi connectivity index (χ3v) is 8.03. The predicted molar refractivity (Wildman–Crippen MR) is 158 cm³/mol. The quantitative estimate of drug-likeness (QED) is 0.360. The standard InChI is InChI=1S/C29H37N9O4/c1-4-6-22(25(39)36-14-12-35(13-15-36)20-8-10-21(11-9-20)41-18-17-40-3)37-19-29(2)26(34-37)32-28(30)38-27(29)31-24(33-38)23-7-5-16-42-23/h5,7-11,16,22H,4,6,12-15,17-19H2,1-3H3,(H2,30,32,34). The number of hydrogen-bond donors (Lipinski definition) is 1. The van der Waals surface area contributed by atoms with Gasteiger partial charge in [0, 0.05) is 39.0 Å². The molecule has 2 atom stereocenters. The number of furan rings is 1. The maximum atomic E-state index is 13.9. The minimum absolute atomic E-state index is 0.0830. The second-order valence-corrected chi connectivity index (χ2v) is 10.9. The highest BCUT2D eigenvalue weighted by molar-refractivity contribution is 6.05. The third kappa shape index (κ3) is 5.08. The molecule has 13 nitrogen and oxygen atoms in total. The van der Waals surface area contributed by atoms with Gasteiger partial charge in [0.25, 0.3) is 0 Å². The molecule has 42 heavy (non-hydrogen) atoms. The number of carbonyl (C=O) groups excluding carboxylic acids is 1. The van der Waals surface area contributed by atoms with Crippen LogP contribution in [0.3, 0.4) is 0 Å². The number of piperazine rings is 1. The van der Waals surface area contributed by atoms with Crippen LogP contribution in [0.1, 0.15) is 32.5 Å². The molecule has 0 radical (unpaired) electrons. The Morgan fingerprint density at radius 1 is 1.14 bits per heavy atom. The number of amides is 1. The van der Waals surface area contributed by atoms with E-state index in [1.165, 1.54) is 0 Å². The predicted octanol–water partition coefficient (Wildman–Crippen LogP) is 2.14. The van der Waals surface area contributed by atoms with E-state index in [9.17, 15) is 4.79 Å². The molecule has 0 spiro atoms. The zero-order valence-electron chi connectivity index (χ0n) is 24.3. The maximum Gasteiger partial charge on any atom is 0.247 e. The van der Waals surface area contributed by atoms with Crippen molar-refractivity contribution < 1.29 is 18.7 Å². The highest BCUT2D eigenvalue weighted by atomic mass is 16.5. The van der Waals surface area contributed by atoms with E-state index in [0.717, 1.165) is 30.9 Å². The van der Waals surface area contributed by atoms with Gasteiger partial charge in [-0.3, -0.25) is 9.80 Å². The molecule has 3 aliphatic rings. The highest BCUT2D eigenvalue weighted by Crippen LogP contribution is 2.37. The molecule has 13 heteroatoms. The van der Waals surface area contributed by atoms with Crippen LogP contribution in [0.15, 0.2) is 57.2 Å². The van der Waals surface area contributed by atoms with Crippen molar-refractivity contribution in [2.24, 2.45) is 15.8 Å². The second-order valence-electron chi connectivity index (χ2n) is 10.9. The number of aliphatic imine (C=N–C) groups is 1. The van der Waals surface area contributed by atoms with Gasteiger partial charge in [0.2, 0.25) is 17.7 Å². The smallest absolute Gasteiger partial charge is 0.247 e. The summed E-state index contributed by atoms with van der Waals surface area (Å²) in [6.45, 7) is 8.40. The maximum absolute atomic E-state index is 13.9. The van der Waals surface area contributed by atoms with Gasteiger partial charge in [0.1, 0.15) is 23.8 Å². The largest absolute Gasteiger partial charge is 0.491 e. The minimum Gasteiger partial charge on any atom is -0.491 e. The first kappa shape index (κ1) is 27.8. The molecule has 1 saturated heterocycles. The van der Waals surface area contributed by atoms with Crippen LogP contribution >= 0.6 is 0 Å². The van der Waals surface area contributed by atoms with Crippen molar-refractivity contribution in [2.75, 3.05) is 57.9 Å². The normalized spacial score (nSPS) is 20.6. The number of hydrazone groups is 1. The van der Waals surface area contributed by atoms with Crippen molar-refractivity contribution in [2.45, 2.75) is 38.1 Å². The Bertz CT molecular complexity index is 1460. The molecular weight excluding hydrogens is 538 g/mol. The summed E-state index contributed by atoms with van der Waals surface area (Å²) >= 11 is 0. The lowest BCUT2D eigenvalue weighted by Gasteiger charge is -2.39. The van der Waals surface area contributed by atoms with Crippen molar-refractivity contribution >= 4 is 23.4 Å². The van der Waals surface area contributed by atoms with Crippen LogP contribution in [0.5, 0.6) is 5.75 Å². The van der Waals surface area contributed by atoms with Crippen molar-refractivity contribution in [3.8, 4) is 17.3 Å². The van der Waals surface area contributed by atoms with Gasteiger partial charge in [-0.2, -0.15) is 14.8 Å². The molecule has 1 aromatic carbocycles. The average molecular weight is 576 g/mol. The number of rotatable bonds is 10. The molecule has 2 aromatic heterocycles. The lowest BCUT2D eigenvalue weighted by Crippen LogP contribution is -2.55. The Kier molecular flexibility index (Phi) is 7.58. The van der Waals surface area contributed by atoms with E-state index < -0.39 is 11.5 Å². The number of ether oxygens (including phenoxy) is 2. The number of aromatic nitrogens is 3. The summed E-state index contributed by atoms with van der Waals surface area (Å²) in [6.07, 6.45) is 3.10. The van der Waals surface area contributed by atoms with Crippen LogP contribution in [0.25, 0.3) is 11.6 Å². The van der Waals surface area contributed by atoms with Crippen LogP contribution < -0.4 is 15.4 Å². The van der Waals surface area contributed by atoms with Crippen LogP contribution in [0.4, 0.5) is 5.69 Å². The van der Waals surface area contributed by atoms with Gasteiger partial charge >= 0.3 is 0 Å². The van der Waals surface area contributed by atoms with Gasteiger partial charge in [0.05, 0.1) is 19.4 Å². The molecule has 3 aromatic rings. The fraction of sp³-hybridized carbons (Fsp3) is 0.483. The number of nitrogens with two attached hydrogens (primary N) is 1. The topological polar surface area (TPSA) is 140 Å². The van der Waals surface area contributed by atoms with Gasteiger partial charge in [0.15, 0.2) is 17.4 Å². The van der Waals surface area contributed by atoms with Crippen molar-refractivity contribution in [3.05, 3.63) is 48.5 Å². The summed E-state index contributed by atoms with van der Waals surface area (Å²) < 4.78 is 17.8. The van der Waals surface area contributed by atoms with Crippen molar-refractivity contribution in [3.63, 3.8) is 0 Å². The molecule has 3 aliphatic heterocycles. The van der Waals surface area contributed by atoms with Crippen LogP contribution in [0.2, 0.25) is 0 Å². The second kappa shape index (κ2) is 11.5. The Balaban J connectivity index is 1.13. The number of hydrogen-bond acceptors (Lipinski definition) is 11. The van der Waals surface area contributed by atoms with Gasteiger partial charge in [-0.15, -0.1) is 5.10 Å². The summed E-state index contributed by atoms with van der Waals surface area (Å²) in [4.78, 5) is 27.5. The summed E-state index contributed by atoms with van der Waals surface area (Å²) in [5.74, 6) is 3.24.